The maximum absolute atomic E-state index is 14.3. The average molecular weight is 1780 g/mol. The molecule has 690 valence electrons. The number of hydrogen-bond acceptors (Lipinski definition) is 38. The number of aliphatic hydroxyl groups is 12. The quantitative estimate of drug-likeness (QED) is 0.0164. The van der Waals surface area contributed by atoms with E-state index in [0.717, 1.165) is 42.0 Å². The van der Waals surface area contributed by atoms with Gasteiger partial charge in [0.15, 0.2) is 37.4 Å². The summed E-state index contributed by atoms with van der Waals surface area (Å²) < 4.78 is 72.0. The molecule has 4 fully saturated rings. The molecule has 21 unspecified atom stereocenters. The first kappa shape index (κ1) is 105. The van der Waals surface area contributed by atoms with Crippen molar-refractivity contribution >= 4 is 83.1 Å². The Bertz CT molecular complexity index is 3130. The van der Waals surface area contributed by atoms with Gasteiger partial charge in [0.25, 0.3) is 17.7 Å². The molecular weight excluding hydrogens is 1660 g/mol. The van der Waals surface area contributed by atoms with Crippen molar-refractivity contribution in [1.82, 2.24) is 41.9 Å². The van der Waals surface area contributed by atoms with E-state index in [1.165, 1.54) is 20.8 Å². The standard InChI is InChI=1S/C74H121N8O37PS/c1-41(87)25-53-45(26-47(35-83)64(97)66(53)99)9-6-14-108-17-12-75-57(93)33-81(31-49(91)10-7-15-109-19-22-112-54-29-48(36-84)65(98)69(102)61(54)77-42(2)88)59(95)39-115-51-27-46(72(105)80-119-120(106,121)107-5)28-52(30-51)116-40-60(96)82(32-50(92)11-8-16-110-20-23-113-73-62(78-43(3)89)70(103)67(100)55(37-85)117-73)34-58(94)76-13-18-111-21-24-114-74-63(79-44(4)90)71(104)68(101)56(38-86)118-74/h27-28,30,45,47-48,53-56,61-71,73-74,83-86,97-104H,6-26,29,31-40H2,1-5H3,(H,75,93)(H,76,94)(H,77,88)(H,78,89)(H,79,90)(H,80,105)(H,106,121)/p-1. The minimum atomic E-state index is -4.32. The van der Waals surface area contributed by atoms with Crippen LogP contribution in [0.15, 0.2) is 18.2 Å². The fourth-order valence-corrected chi connectivity index (χ4v) is 14.2. The number of carbonyl (C=O) groups excluding carboxylic acids is 11. The number of hydrogen-bond donors (Lipinski definition) is 18. The lowest BCUT2D eigenvalue weighted by molar-refractivity contribution is -0.272. The first-order valence-corrected chi connectivity index (χ1v) is 42.2. The van der Waals surface area contributed by atoms with E-state index in [1.807, 2.05) is 5.48 Å². The van der Waals surface area contributed by atoms with E-state index >= 15 is 0 Å². The zero-order valence-corrected chi connectivity index (χ0v) is 69.9. The highest BCUT2D eigenvalue weighted by atomic mass is 32.5. The third kappa shape index (κ3) is 36.4. The van der Waals surface area contributed by atoms with Crippen molar-refractivity contribution in [3.8, 4) is 11.5 Å². The Hall–Kier alpha value is -6.72. The van der Waals surface area contributed by atoms with Gasteiger partial charge in [0.2, 0.25) is 29.5 Å². The number of amides is 8. The number of hydroxylamine groups is 1. The fourth-order valence-electron chi connectivity index (χ4n) is 13.8. The first-order valence-electron chi connectivity index (χ1n) is 39.6. The van der Waals surface area contributed by atoms with E-state index < -0.39 is 246 Å². The van der Waals surface area contributed by atoms with Gasteiger partial charge in [-0.05, 0) is 69.4 Å². The molecule has 2 aliphatic heterocycles. The Morgan fingerprint density at radius 1 is 0.496 bits per heavy atom. The summed E-state index contributed by atoms with van der Waals surface area (Å²) in [4.78, 5) is 159. The van der Waals surface area contributed by atoms with Crippen LogP contribution in [0.3, 0.4) is 0 Å². The molecule has 1 aromatic rings. The van der Waals surface area contributed by atoms with Crippen LogP contribution in [-0.2, 0) is 112 Å². The summed E-state index contributed by atoms with van der Waals surface area (Å²) in [5.41, 5.74) is 1.44. The molecule has 1 aromatic carbocycles. The van der Waals surface area contributed by atoms with E-state index in [9.17, 15) is 119 Å². The minimum absolute atomic E-state index is 0.0165. The zero-order chi connectivity index (χ0) is 89.5. The van der Waals surface area contributed by atoms with E-state index in [0.29, 0.717) is 19.3 Å². The van der Waals surface area contributed by atoms with Gasteiger partial charge in [0, 0.05) is 117 Å². The molecule has 21 atom stereocenters. The summed E-state index contributed by atoms with van der Waals surface area (Å²) >= 11 is 4.73. The van der Waals surface area contributed by atoms with E-state index in [1.54, 1.807) is 0 Å². The second-order valence-electron chi connectivity index (χ2n) is 29.4. The van der Waals surface area contributed by atoms with Gasteiger partial charge in [0.1, 0.15) is 91.9 Å². The number of Topliss-reactive ketones (excluding diaryl/α,β-unsaturated/α-hetero) is 3. The lowest BCUT2D eigenvalue weighted by Crippen LogP contribution is -2.64. The summed E-state index contributed by atoms with van der Waals surface area (Å²) in [6, 6.07) is -0.298. The van der Waals surface area contributed by atoms with Crippen molar-refractivity contribution in [1.29, 1.82) is 0 Å². The molecule has 8 amide bonds. The molecule has 18 N–H and O–H groups in total. The lowest BCUT2D eigenvalue weighted by atomic mass is 9.67. The number of carbonyl (C=O) groups is 11. The van der Waals surface area contributed by atoms with Crippen LogP contribution in [0.2, 0.25) is 0 Å². The first-order chi connectivity index (χ1) is 57.5. The molecule has 45 nitrogen and oxygen atoms in total. The molecule has 121 heavy (non-hydrogen) atoms. The fraction of sp³-hybridized carbons (Fsp3) is 0.770. The van der Waals surface area contributed by atoms with Gasteiger partial charge in [-0.25, -0.2) is 10.1 Å². The highest BCUT2D eigenvalue weighted by molar-refractivity contribution is 8.06. The van der Waals surface area contributed by atoms with Gasteiger partial charge in [-0.2, -0.15) is 0 Å². The second-order valence-corrected chi connectivity index (χ2v) is 32.2. The topological polar surface area (TPSA) is 652 Å². The molecule has 2 saturated heterocycles. The van der Waals surface area contributed by atoms with Crippen molar-refractivity contribution in [2.24, 2.45) is 23.7 Å². The number of nitrogens with zero attached hydrogens (tertiary/aromatic N) is 2. The Balaban J connectivity index is 1.28. The molecule has 0 bridgehead atoms. The van der Waals surface area contributed by atoms with Crippen molar-refractivity contribution in [3.63, 3.8) is 0 Å². The van der Waals surface area contributed by atoms with Crippen LogP contribution >= 0.6 is 6.72 Å². The third-order valence-electron chi connectivity index (χ3n) is 20.0. The normalized spacial score (nSPS) is 27.1. The lowest BCUT2D eigenvalue weighted by Gasteiger charge is -2.42. The largest absolute Gasteiger partial charge is 0.778 e. The Labute approximate surface area is 703 Å². The third-order valence-corrected chi connectivity index (χ3v) is 21.4. The number of ether oxygens (including phenoxy) is 11. The predicted molar refractivity (Wildman–Crippen MR) is 414 cm³/mol. The van der Waals surface area contributed by atoms with E-state index in [-0.39, 0.29) is 154 Å². The Morgan fingerprint density at radius 2 is 0.917 bits per heavy atom. The Morgan fingerprint density at radius 3 is 1.36 bits per heavy atom. The summed E-state index contributed by atoms with van der Waals surface area (Å²) in [5.74, 6) is -10.5. The zero-order valence-electron chi connectivity index (χ0n) is 68.2. The van der Waals surface area contributed by atoms with Crippen molar-refractivity contribution in [2.45, 2.75) is 183 Å². The van der Waals surface area contributed by atoms with Crippen LogP contribution in [0.4, 0.5) is 0 Å². The van der Waals surface area contributed by atoms with Gasteiger partial charge in [-0.15, -0.1) is 0 Å². The Kier molecular flexibility index (Phi) is 47.6. The molecule has 2 aliphatic carbocycles. The van der Waals surface area contributed by atoms with Gasteiger partial charge in [0.05, 0.1) is 110 Å². The van der Waals surface area contributed by atoms with Crippen LogP contribution in [-0.4, -0.2) is 392 Å². The van der Waals surface area contributed by atoms with Crippen LogP contribution < -0.4 is 46.4 Å². The molecule has 4 aliphatic rings. The predicted octanol–water partition coefficient (Wildman–Crippen LogP) is -8.74. The number of rotatable bonds is 57. The highest BCUT2D eigenvalue weighted by Gasteiger charge is 2.49. The van der Waals surface area contributed by atoms with Crippen LogP contribution in [0.1, 0.15) is 95.8 Å². The smallest absolute Gasteiger partial charge is 0.275 e. The van der Waals surface area contributed by atoms with Gasteiger partial charge in [-0.3, -0.25) is 47.9 Å². The van der Waals surface area contributed by atoms with Crippen LogP contribution in [0.5, 0.6) is 11.5 Å². The maximum Gasteiger partial charge on any atom is 0.275 e. The highest BCUT2D eigenvalue weighted by Crippen LogP contribution is 2.40. The van der Waals surface area contributed by atoms with Crippen molar-refractivity contribution in [3.05, 3.63) is 23.8 Å². The van der Waals surface area contributed by atoms with E-state index in [4.69, 9.17) is 68.5 Å². The summed E-state index contributed by atoms with van der Waals surface area (Å²) in [6.45, 7) is -7.57. The number of benzene rings is 1. The van der Waals surface area contributed by atoms with Crippen LogP contribution in [0, 0.1) is 23.7 Å². The number of ketones is 3. The second kappa shape index (κ2) is 54.9. The number of nitrogens with one attached hydrogen (secondary N) is 6. The van der Waals surface area contributed by atoms with E-state index in [2.05, 4.69) is 31.1 Å². The van der Waals surface area contributed by atoms with Crippen LogP contribution in [0.25, 0.3) is 0 Å². The van der Waals surface area contributed by atoms with Gasteiger partial charge < -0.3 is 164 Å². The molecule has 0 aromatic heterocycles. The number of aliphatic hydroxyl groups excluding tert-OH is 12. The average Bonchev–Trinajstić information content (AvgIpc) is 0.903. The monoisotopic (exact) mass is 1780 g/mol. The maximum atomic E-state index is 14.3. The SMILES string of the molecule is COP([O-])(=S)ONC(=O)c1cc(OCC(=O)N(CC(=O)CCCOCCOC2CC(CO)C(O)C(O)C2NC(C)=O)CC(=O)NCCOCCCC2CC(CO)C(O)C(O)C2CC(C)=O)cc(OCC(=O)N(CC(=O)CCCOCCOC2OC(CO)C(O)C(O)C2NC(C)=O)CC(=O)NCCOCCOC2OC(CO)C(O)C(O)C2NC(C)=O)c1. The molecule has 2 heterocycles. The molecule has 47 heteroatoms. The van der Waals surface area contributed by atoms with Crippen molar-refractivity contribution < 1.29 is 180 Å². The molecule has 5 rings (SSSR count). The molecular formula is C74H120N8O37PS-. The summed E-state index contributed by atoms with van der Waals surface area (Å²) in [7, 11) is 0.936. The summed E-state index contributed by atoms with van der Waals surface area (Å²) in [5, 5.41) is 136. The van der Waals surface area contributed by atoms with Crippen molar-refractivity contribution in [2.75, 3.05) is 159 Å². The molecule has 2 saturated carbocycles. The molecule has 0 radical (unpaired) electrons. The van der Waals surface area contributed by atoms with Gasteiger partial charge in [-0.1, -0.05) is 11.8 Å². The van der Waals surface area contributed by atoms with Gasteiger partial charge >= 0.3 is 0 Å². The summed E-state index contributed by atoms with van der Waals surface area (Å²) in [6.07, 6.45) is -16.3. The molecule has 0 spiro atoms. The minimum Gasteiger partial charge on any atom is -0.778 e.